The summed E-state index contributed by atoms with van der Waals surface area (Å²) >= 11 is 0. The van der Waals surface area contributed by atoms with Gasteiger partial charge in [-0.05, 0) is 25.7 Å². The van der Waals surface area contributed by atoms with Gasteiger partial charge in [-0.25, -0.2) is 9.59 Å². The van der Waals surface area contributed by atoms with Gasteiger partial charge in [-0.2, -0.15) is 5.48 Å². The van der Waals surface area contributed by atoms with E-state index in [-0.39, 0.29) is 12.0 Å². The lowest BCUT2D eigenvalue weighted by Gasteiger charge is -2.26. The average Bonchev–Trinajstić information content (AvgIpc) is 2.27. The summed E-state index contributed by atoms with van der Waals surface area (Å²) in [5.74, 6) is -0.386. The van der Waals surface area contributed by atoms with Gasteiger partial charge in [0.25, 0.3) is 0 Å². The predicted molar refractivity (Wildman–Crippen MR) is 55.0 cm³/mol. The zero-order valence-electron chi connectivity index (χ0n) is 9.12. The van der Waals surface area contributed by atoms with Crippen LogP contribution >= 0.6 is 0 Å². The largest absolute Gasteiger partial charge is 0.350 e. The van der Waals surface area contributed by atoms with E-state index in [4.69, 9.17) is 0 Å². The fourth-order valence-corrected chi connectivity index (χ4v) is 1.52. The third kappa shape index (κ3) is 4.18. The monoisotopic (exact) mass is 214 g/mol. The third-order valence-electron chi connectivity index (χ3n) is 2.35. The van der Waals surface area contributed by atoms with E-state index in [1.165, 1.54) is 6.42 Å². The predicted octanol–water partition coefficient (Wildman–Crippen LogP) is 1.44. The number of carbonyl (C=O) groups is 2. The second kappa shape index (κ2) is 6.27. The van der Waals surface area contributed by atoms with E-state index in [0.29, 0.717) is 6.42 Å². The van der Waals surface area contributed by atoms with Crippen LogP contribution in [0.2, 0.25) is 0 Å². The molecule has 0 aromatic carbocycles. The van der Waals surface area contributed by atoms with Gasteiger partial charge in [-0.15, -0.1) is 0 Å². The summed E-state index contributed by atoms with van der Waals surface area (Å²) in [5, 5.41) is 0. The first-order valence-corrected chi connectivity index (χ1v) is 5.48. The molecule has 1 saturated heterocycles. The molecule has 5 nitrogen and oxygen atoms in total. The standard InChI is InChI=1S/C10H18N2O3/c1-2-6-9(13)15-11-10(14)12-7-4-3-5-8-12/h2-8H2,1H3,(H,11,14). The topological polar surface area (TPSA) is 58.6 Å². The molecule has 0 aromatic rings. The molecule has 0 bridgehead atoms. The molecule has 0 radical (unpaired) electrons. The lowest BCUT2D eigenvalue weighted by molar-refractivity contribution is -0.149. The van der Waals surface area contributed by atoms with Crippen molar-refractivity contribution in [3.8, 4) is 0 Å². The summed E-state index contributed by atoms with van der Waals surface area (Å²) in [7, 11) is 0. The molecule has 0 atom stereocenters. The second-order valence-corrected chi connectivity index (χ2v) is 3.68. The van der Waals surface area contributed by atoms with Crippen molar-refractivity contribution in [2.24, 2.45) is 0 Å². The zero-order chi connectivity index (χ0) is 11.1. The number of nitrogens with one attached hydrogen (secondary N) is 1. The Kier molecular flexibility index (Phi) is 4.93. The fraction of sp³-hybridized carbons (Fsp3) is 0.800. The van der Waals surface area contributed by atoms with E-state index in [2.05, 4.69) is 10.3 Å². The molecule has 0 aliphatic carbocycles. The number of rotatable bonds is 2. The lowest BCUT2D eigenvalue weighted by Crippen LogP contribution is -2.43. The highest BCUT2D eigenvalue weighted by atomic mass is 16.7. The molecule has 0 unspecified atom stereocenters. The number of likely N-dealkylation sites (tertiary alicyclic amines) is 1. The number of hydrogen-bond donors (Lipinski definition) is 1. The highest BCUT2D eigenvalue weighted by molar-refractivity contribution is 5.76. The van der Waals surface area contributed by atoms with Crippen LogP contribution < -0.4 is 5.48 Å². The summed E-state index contributed by atoms with van der Waals surface area (Å²) in [6.45, 7) is 3.38. The van der Waals surface area contributed by atoms with Crippen LogP contribution in [-0.4, -0.2) is 30.0 Å². The van der Waals surface area contributed by atoms with E-state index in [1.54, 1.807) is 4.90 Å². The highest BCUT2D eigenvalue weighted by Gasteiger charge is 2.17. The van der Waals surface area contributed by atoms with E-state index in [9.17, 15) is 9.59 Å². The molecule has 0 saturated carbocycles. The first-order chi connectivity index (χ1) is 7.24. The molecule has 86 valence electrons. The van der Waals surface area contributed by atoms with Crippen molar-refractivity contribution in [3.05, 3.63) is 0 Å². The quantitative estimate of drug-likeness (QED) is 0.707. The number of piperidine rings is 1. The van der Waals surface area contributed by atoms with Crippen molar-refractivity contribution < 1.29 is 14.4 Å². The average molecular weight is 214 g/mol. The van der Waals surface area contributed by atoms with Crippen LogP contribution in [0.3, 0.4) is 0 Å². The Labute approximate surface area is 89.7 Å². The van der Waals surface area contributed by atoms with E-state index >= 15 is 0 Å². The van der Waals surface area contributed by atoms with Gasteiger partial charge in [-0.1, -0.05) is 6.92 Å². The maximum absolute atomic E-state index is 11.4. The number of hydroxylamine groups is 1. The van der Waals surface area contributed by atoms with Crippen LogP contribution in [0.4, 0.5) is 4.79 Å². The summed E-state index contributed by atoms with van der Waals surface area (Å²) < 4.78 is 0. The molecule has 0 spiro atoms. The summed E-state index contributed by atoms with van der Waals surface area (Å²) in [6, 6.07) is -0.306. The second-order valence-electron chi connectivity index (χ2n) is 3.68. The summed E-state index contributed by atoms with van der Waals surface area (Å²) in [5.41, 5.74) is 2.17. The summed E-state index contributed by atoms with van der Waals surface area (Å²) in [6.07, 6.45) is 4.27. The van der Waals surface area contributed by atoms with Crippen LogP contribution in [-0.2, 0) is 9.63 Å². The fourth-order valence-electron chi connectivity index (χ4n) is 1.52. The SMILES string of the molecule is CCCC(=O)ONC(=O)N1CCCCC1. The van der Waals surface area contributed by atoms with Gasteiger partial charge in [0.15, 0.2) is 0 Å². The molecular formula is C10H18N2O3. The normalized spacial score (nSPS) is 15.9. The maximum atomic E-state index is 11.4. The molecule has 1 fully saturated rings. The Hall–Kier alpha value is -1.26. The van der Waals surface area contributed by atoms with Crippen LogP contribution in [0.5, 0.6) is 0 Å². The molecule has 0 aromatic heterocycles. The van der Waals surface area contributed by atoms with Crippen molar-refractivity contribution in [2.75, 3.05) is 13.1 Å². The van der Waals surface area contributed by atoms with Gasteiger partial charge in [0.05, 0.1) is 0 Å². The van der Waals surface area contributed by atoms with Gasteiger partial charge in [0.2, 0.25) is 0 Å². The Morgan fingerprint density at radius 2 is 1.93 bits per heavy atom. The molecule has 1 heterocycles. The lowest BCUT2D eigenvalue weighted by atomic mass is 10.1. The molecule has 5 heteroatoms. The smallest absolute Gasteiger partial charge is 0.339 e. The maximum Gasteiger partial charge on any atom is 0.350 e. The van der Waals surface area contributed by atoms with Crippen molar-refractivity contribution in [3.63, 3.8) is 0 Å². The minimum Gasteiger partial charge on any atom is -0.339 e. The Morgan fingerprint density at radius 1 is 1.27 bits per heavy atom. The summed E-state index contributed by atoms with van der Waals surface area (Å²) in [4.78, 5) is 28.7. The molecule has 1 aliphatic rings. The van der Waals surface area contributed by atoms with Crippen molar-refractivity contribution in [2.45, 2.75) is 39.0 Å². The molecule has 1 N–H and O–H groups in total. The molecule has 1 aliphatic heterocycles. The number of carbonyl (C=O) groups excluding carboxylic acids is 2. The Morgan fingerprint density at radius 3 is 2.53 bits per heavy atom. The van der Waals surface area contributed by atoms with E-state index in [1.807, 2.05) is 6.92 Å². The molecule has 15 heavy (non-hydrogen) atoms. The van der Waals surface area contributed by atoms with Crippen molar-refractivity contribution in [1.82, 2.24) is 10.4 Å². The van der Waals surface area contributed by atoms with E-state index in [0.717, 1.165) is 32.4 Å². The van der Waals surface area contributed by atoms with Gasteiger partial charge < -0.3 is 9.74 Å². The minimum atomic E-state index is -0.386. The highest BCUT2D eigenvalue weighted by Crippen LogP contribution is 2.08. The Bertz CT molecular complexity index is 225. The number of amides is 2. The first kappa shape index (κ1) is 11.8. The Balaban J connectivity index is 2.19. The number of hydrogen-bond acceptors (Lipinski definition) is 3. The van der Waals surface area contributed by atoms with Crippen LogP contribution in [0, 0.1) is 0 Å². The third-order valence-corrected chi connectivity index (χ3v) is 2.35. The number of nitrogens with zero attached hydrogens (tertiary/aromatic N) is 1. The molecule has 2 amide bonds. The van der Waals surface area contributed by atoms with Gasteiger partial charge in [0.1, 0.15) is 0 Å². The van der Waals surface area contributed by atoms with Crippen LogP contribution in [0.1, 0.15) is 39.0 Å². The van der Waals surface area contributed by atoms with Crippen molar-refractivity contribution in [1.29, 1.82) is 0 Å². The minimum absolute atomic E-state index is 0.306. The van der Waals surface area contributed by atoms with Gasteiger partial charge in [0, 0.05) is 19.5 Å². The van der Waals surface area contributed by atoms with Crippen LogP contribution in [0.15, 0.2) is 0 Å². The van der Waals surface area contributed by atoms with E-state index < -0.39 is 0 Å². The first-order valence-electron chi connectivity index (χ1n) is 5.48. The van der Waals surface area contributed by atoms with Gasteiger partial charge in [-0.3, -0.25) is 0 Å². The molecule has 1 rings (SSSR count). The zero-order valence-corrected chi connectivity index (χ0v) is 9.12. The number of urea groups is 1. The van der Waals surface area contributed by atoms with Crippen LogP contribution in [0.25, 0.3) is 0 Å². The molecular weight excluding hydrogens is 196 g/mol. The van der Waals surface area contributed by atoms with Crippen molar-refractivity contribution >= 4 is 12.0 Å². The van der Waals surface area contributed by atoms with Gasteiger partial charge >= 0.3 is 12.0 Å².